The van der Waals surface area contributed by atoms with E-state index < -0.39 is 11.3 Å². The maximum atomic E-state index is 13.0. The number of rotatable bonds is 2. The van der Waals surface area contributed by atoms with E-state index in [1.165, 1.54) is 37.7 Å². The molecule has 176 valence electrons. The molecule has 1 fully saturated rings. The topological polar surface area (TPSA) is 75.4 Å². The van der Waals surface area contributed by atoms with Crippen LogP contribution in [-0.4, -0.2) is 38.6 Å². The lowest BCUT2D eigenvalue weighted by Gasteiger charge is -2.50. The average Bonchev–Trinajstić information content (AvgIpc) is 2.76. The molecule has 2 bridgehead atoms. The number of likely N-dealkylation sites (N-methyl/N-ethyl adjacent to an activating group) is 1. The Bertz CT molecular complexity index is 1100. The van der Waals surface area contributed by atoms with E-state index in [2.05, 4.69) is 35.4 Å². The van der Waals surface area contributed by atoms with Crippen LogP contribution in [0.15, 0.2) is 40.7 Å². The van der Waals surface area contributed by atoms with E-state index in [-0.39, 0.29) is 29.0 Å². The molecule has 0 radical (unpaired) electrons. The molecule has 1 aromatic heterocycles. The summed E-state index contributed by atoms with van der Waals surface area (Å²) < 4.78 is 1.85. The third-order valence-corrected chi connectivity index (χ3v) is 8.64. The van der Waals surface area contributed by atoms with Gasteiger partial charge in [-0.2, -0.15) is 4.98 Å². The second-order valence-electron chi connectivity index (χ2n) is 10.5. The van der Waals surface area contributed by atoms with Crippen molar-refractivity contribution in [1.29, 1.82) is 0 Å². The third kappa shape index (κ3) is 3.77. The van der Waals surface area contributed by atoms with Crippen molar-refractivity contribution in [2.75, 3.05) is 7.05 Å². The van der Waals surface area contributed by atoms with Gasteiger partial charge in [0.2, 0.25) is 5.75 Å². The molecule has 5 rings (SSSR count). The summed E-state index contributed by atoms with van der Waals surface area (Å²) in [6.45, 7) is 2.54. The Morgan fingerprint density at radius 2 is 2.00 bits per heavy atom. The van der Waals surface area contributed by atoms with Crippen molar-refractivity contribution >= 4 is 5.91 Å². The largest absolute Gasteiger partial charge is 0.501 e. The molecule has 1 aromatic rings. The number of allylic oxidation sites excluding steroid dienone is 6. The molecule has 4 atom stereocenters. The summed E-state index contributed by atoms with van der Waals surface area (Å²) in [5.41, 5.74) is 0.802. The quantitative estimate of drug-likeness (QED) is 0.680. The standard InChI is InChI=1S/C27H35N3O3/c1-18-17-30-22(28-25(32)24(31)23(30)26(33)29(18)2)16-27-14-7-6-11-20(27)13-8-10-19-9-4-3-5-12-21(27)15-19/h4-5,9,12,15,18,20-21,31H,3,6-8,10-11,13-14,16-17H2,1-2H3/b9-4-,12-5-,19-15?. The fraction of sp³-hybridized carbons (Fsp3) is 0.593. The number of aromatic hydroxyl groups is 1. The highest BCUT2D eigenvalue weighted by Crippen LogP contribution is 2.53. The Balaban J connectivity index is 1.66. The highest BCUT2D eigenvalue weighted by atomic mass is 16.3. The summed E-state index contributed by atoms with van der Waals surface area (Å²) in [4.78, 5) is 31.7. The fourth-order valence-electron chi connectivity index (χ4n) is 6.68. The zero-order valence-corrected chi connectivity index (χ0v) is 19.8. The van der Waals surface area contributed by atoms with Gasteiger partial charge in [-0.3, -0.25) is 9.59 Å². The van der Waals surface area contributed by atoms with Crippen molar-refractivity contribution < 1.29 is 9.90 Å². The summed E-state index contributed by atoms with van der Waals surface area (Å²) in [6.07, 6.45) is 21.5. The molecule has 2 heterocycles. The summed E-state index contributed by atoms with van der Waals surface area (Å²) in [7, 11) is 1.73. The van der Waals surface area contributed by atoms with E-state index in [0.717, 1.165) is 19.3 Å². The molecule has 0 spiro atoms. The second kappa shape index (κ2) is 8.62. The van der Waals surface area contributed by atoms with Crippen LogP contribution in [0.5, 0.6) is 5.75 Å². The van der Waals surface area contributed by atoms with Gasteiger partial charge in [-0.05, 0) is 56.8 Å². The SMILES string of the molecule is CC1Cn2c(CC34CCCCC3CCCC3=CC4/C=C\C/C=C\3)nc(=O)c(O)c2C(=O)N1C. The van der Waals surface area contributed by atoms with E-state index in [1.807, 2.05) is 11.5 Å². The zero-order valence-electron chi connectivity index (χ0n) is 19.8. The Labute approximate surface area is 195 Å². The molecule has 1 saturated carbocycles. The Morgan fingerprint density at radius 3 is 2.85 bits per heavy atom. The predicted molar refractivity (Wildman–Crippen MR) is 128 cm³/mol. The van der Waals surface area contributed by atoms with Crippen LogP contribution in [0.4, 0.5) is 0 Å². The van der Waals surface area contributed by atoms with Gasteiger partial charge in [0, 0.05) is 32.0 Å². The van der Waals surface area contributed by atoms with E-state index in [0.29, 0.717) is 24.7 Å². The highest BCUT2D eigenvalue weighted by Gasteiger charge is 2.47. The normalized spacial score (nSPS) is 33.5. The molecule has 4 unspecified atom stereocenters. The van der Waals surface area contributed by atoms with Crippen molar-refractivity contribution in [3.63, 3.8) is 0 Å². The van der Waals surface area contributed by atoms with Gasteiger partial charge in [-0.25, -0.2) is 0 Å². The average molecular weight is 450 g/mol. The zero-order chi connectivity index (χ0) is 23.2. The van der Waals surface area contributed by atoms with Gasteiger partial charge in [-0.1, -0.05) is 48.8 Å². The van der Waals surface area contributed by atoms with Crippen LogP contribution in [0, 0.1) is 17.3 Å². The number of nitrogens with zero attached hydrogens (tertiary/aromatic N) is 3. The van der Waals surface area contributed by atoms with Crippen LogP contribution in [0.2, 0.25) is 0 Å². The van der Waals surface area contributed by atoms with Gasteiger partial charge in [-0.15, -0.1) is 0 Å². The van der Waals surface area contributed by atoms with Crippen LogP contribution in [0.1, 0.15) is 74.6 Å². The second-order valence-corrected chi connectivity index (χ2v) is 10.5. The lowest BCUT2D eigenvalue weighted by molar-refractivity contribution is 0.0473. The molecule has 1 N–H and O–H groups in total. The summed E-state index contributed by atoms with van der Waals surface area (Å²) in [5.74, 6) is 0.680. The summed E-state index contributed by atoms with van der Waals surface area (Å²) in [5, 5.41) is 10.5. The predicted octanol–water partition coefficient (Wildman–Crippen LogP) is 4.38. The van der Waals surface area contributed by atoms with Gasteiger partial charge >= 0.3 is 5.56 Å². The van der Waals surface area contributed by atoms with Crippen molar-refractivity contribution in [1.82, 2.24) is 14.5 Å². The minimum atomic E-state index is -0.686. The van der Waals surface area contributed by atoms with Gasteiger partial charge in [0.05, 0.1) is 0 Å². The van der Waals surface area contributed by atoms with E-state index in [4.69, 9.17) is 0 Å². The molecule has 4 aliphatic rings. The fourth-order valence-corrected chi connectivity index (χ4v) is 6.68. The lowest BCUT2D eigenvalue weighted by Crippen LogP contribution is -2.48. The van der Waals surface area contributed by atoms with Gasteiger partial charge in [0.15, 0.2) is 5.69 Å². The number of hydrogen-bond donors (Lipinski definition) is 1. The van der Waals surface area contributed by atoms with Gasteiger partial charge in [0.1, 0.15) is 5.82 Å². The minimum Gasteiger partial charge on any atom is -0.501 e. The van der Waals surface area contributed by atoms with Crippen molar-refractivity contribution in [2.45, 2.75) is 77.3 Å². The number of amides is 1. The van der Waals surface area contributed by atoms with E-state index in [1.54, 1.807) is 11.9 Å². The van der Waals surface area contributed by atoms with Crippen molar-refractivity contribution in [3.8, 4) is 5.75 Å². The van der Waals surface area contributed by atoms with E-state index >= 15 is 0 Å². The smallest absolute Gasteiger partial charge is 0.315 e. The molecule has 1 amide bonds. The summed E-state index contributed by atoms with van der Waals surface area (Å²) in [6, 6.07) is -0.0256. The monoisotopic (exact) mass is 449 g/mol. The molecule has 0 aromatic carbocycles. The molecule has 6 heteroatoms. The van der Waals surface area contributed by atoms with Crippen LogP contribution in [0.3, 0.4) is 0 Å². The first kappa shape index (κ1) is 22.2. The van der Waals surface area contributed by atoms with Crippen molar-refractivity contribution in [2.24, 2.45) is 17.3 Å². The van der Waals surface area contributed by atoms with Gasteiger partial charge < -0.3 is 14.6 Å². The maximum Gasteiger partial charge on any atom is 0.315 e. The Hall–Kier alpha value is -2.63. The number of carbonyl (C=O) groups excluding carboxylic acids is 1. The van der Waals surface area contributed by atoms with Crippen LogP contribution in [0.25, 0.3) is 0 Å². The molecular formula is C27H35N3O3. The highest BCUT2D eigenvalue weighted by molar-refractivity contribution is 5.95. The number of carbonyl (C=O) groups is 1. The third-order valence-electron chi connectivity index (χ3n) is 8.64. The maximum absolute atomic E-state index is 13.0. The first-order valence-corrected chi connectivity index (χ1v) is 12.5. The number of fused-ring (bicyclic) bond motifs is 4. The Morgan fingerprint density at radius 1 is 1.18 bits per heavy atom. The molecular weight excluding hydrogens is 414 g/mol. The first-order valence-electron chi connectivity index (χ1n) is 12.5. The van der Waals surface area contributed by atoms with E-state index in [9.17, 15) is 14.7 Å². The molecule has 6 nitrogen and oxygen atoms in total. The van der Waals surface area contributed by atoms with Gasteiger partial charge in [0.25, 0.3) is 5.91 Å². The molecule has 1 aliphatic heterocycles. The minimum absolute atomic E-state index is 0.0256. The van der Waals surface area contributed by atoms with Crippen molar-refractivity contribution in [3.05, 3.63) is 57.8 Å². The first-order chi connectivity index (χ1) is 15.9. The van der Waals surface area contributed by atoms with Crippen LogP contribution >= 0.6 is 0 Å². The molecule has 33 heavy (non-hydrogen) atoms. The number of aromatic nitrogens is 2. The number of hydrogen-bond acceptors (Lipinski definition) is 4. The molecule has 0 saturated heterocycles. The Kier molecular flexibility index (Phi) is 5.79. The summed E-state index contributed by atoms with van der Waals surface area (Å²) >= 11 is 0. The molecule has 3 aliphatic carbocycles. The lowest BCUT2D eigenvalue weighted by atomic mass is 9.55. The van der Waals surface area contributed by atoms with Crippen LogP contribution < -0.4 is 5.56 Å². The van der Waals surface area contributed by atoms with Crippen LogP contribution in [-0.2, 0) is 13.0 Å².